The maximum absolute atomic E-state index is 13.8. The summed E-state index contributed by atoms with van der Waals surface area (Å²) in [6.07, 6.45) is 6.75. The molecule has 0 atom stereocenters. The van der Waals surface area contributed by atoms with Crippen LogP contribution in [0.4, 0.5) is 10.2 Å². The van der Waals surface area contributed by atoms with Gasteiger partial charge >= 0.3 is 0 Å². The van der Waals surface area contributed by atoms with Gasteiger partial charge in [0.05, 0.1) is 6.20 Å². The molecule has 1 amide bonds. The van der Waals surface area contributed by atoms with E-state index in [4.69, 9.17) is 0 Å². The Hall–Kier alpha value is -2.69. The molecule has 4 rings (SSSR count). The van der Waals surface area contributed by atoms with Crippen molar-refractivity contribution in [2.45, 2.75) is 26.2 Å². The molecule has 2 heterocycles. The van der Waals surface area contributed by atoms with E-state index in [1.807, 2.05) is 28.8 Å². The van der Waals surface area contributed by atoms with Crippen LogP contribution in [0.5, 0.6) is 0 Å². The molecule has 0 aliphatic heterocycles. The van der Waals surface area contributed by atoms with E-state index in [0.29, 0.717) is 11.4 Å². The van der Waals surface area contributed by atoms with Crippen molar-refractivity contribution in [3.8, 4) is 11.1 Å². The molecule has 1 fully saturated rings. The second-order valence-corrected chi connectivity index (χ2v) is 6.34. The predicted octanol–water partition coefficient (Wildman–Crippen LogP) is 4.19. The van der Waals surface area contributed by atoms with Crippen LogP contribution in [0.15, 0.2) is 42.7 Å². The van der Waals surface area contributed by atoms with E-state index in [9.17, 15) is 9.18 Å². The Kier molecular flexibility index (Phi) is 3.56. The third-order valence-electron chi connectivity index (χ3n) is 4.76. The molecule has 4 nitrogen and oxygen atoms in total. The molecule has 24 heavy (non-hydrogen) atoms. The number of hydrogen-bond acceptors (Lipinski definition) is 2. The van der Waals surface area contributed by atoms with Gasteiger partial charge in [0, 0.05) is 12.1 Å². The summed E-state index contributed by atoms with van der Waals surface area (Å²) in [6.45, 7) is 1.77. The van der Waals surface area contributed by atoms with Gasteiger partial charge < -0.3 is 9.72 Å². The van der Waals surface area contributed by atoms with E-state index in [0.717, 1.165) is 36.0 Å². The monoisotopic (exact) mass is 323 g/mol. The van der Waals surface area contributed by atoms with Gasteiger partial charge in [-0.25, -0.2) is 9.37 Å². The van der Waals surface area contributed by atoms with Crippen LogP contribution in [-0.4, -0.2) is 15.3 Å². The number of imidazole rings is 1. The van der Waals surface area contributed by atoms with E-state index >= 15 is 0 Å². The standard InChI is InChI=1S/C19H18FN3O/c1-12-15(6-3-7-16(12)20)14-8-9-18-21-17(11-23(18)10-14)22-19(24)13-4-2-5-13/h3,6-11,13H,2,4-5H2,1H3,(H,22,24). The molecule has 1 aliphatic rings. The minimum Gasteiger partial charge on any atom is -0.309 e. The number of halogens is 1. The maximum atomic E-state index is 13.8. The van der Waals surface area contributed by atoms with Crippen molar-refractivity contribution in [1.82, 2.24) is 9.38 Å². The Balaban J connectivity index is 1.65. The molecule has 5 heteroatoms. The molecule has 1 N–H and O–H groups in total. The number of aromatic nitrogens is 2. The number of fused-ring (bicyclic) bond motifs is 1. The molecule has 0 saturated heterocycles. The van der Waals surface area contributed by atoms with Gasteiger partial charge in [0.15, 0.2) is 5.82 Å². The lowest BCUT2D eigenvalue weighted by Crippen LogP contribution is -2.28. The summed E-state index contributed by atoms with van der Waals surface area (Å²) in [4.78, 5) is 16.5. The Morgan fingerprint density at radius 3 is 2.83 bits per heavy atom. The fraction of sp³-hybridized carbons (Fsp3) is 0.263. The topological polar surface area (TPSA) is 46.4 Å². The quantitative estimate of drug-likeness (QED) is 0.785. The first-order valence-corrected chi connectivity index (χ1v) is 8.17. The van der Waals surface area contributed by atoms with Crippen molar-refractivity contribution in [1.29, 1.82) is 0 Å². The fourth-order valence-electron chi connectivity index (χ4n) is 3.03. The number of nitrogens with one attached hydrogen (secondary N) is 1. The lowest BCUT2D eigenvalue weighted by atomic mass is 9.85. The van der Waals surface area contributed by atoms with Crippen LogP contribution >= 0.6 is 0 Å². The molecular formula is C19H18FN3O. The zero-order valence-corrected chi connectivity index (χ0v) is 13.4. The third kappa shape index (κ3) is 2.56. The summed E-state index contributed by atoms with van der Waals surface area (Å²) >= 11 is 0. The van der Waals surface area contributed by atoms with Crippen LogP contribution in [0.2, 0.25) is 0 Å². The van der Waals surface area contributed by atoms with Crippen LogP contribution in [0, 0.1) is 18.7 Å². The van der Waals surface area contributed by atoms with Gasteiger partial charge in [-0.05, 0) is 54.7 Å². The summed E-state index contributed by atoms with van der Waals surface area (Å²) in [5.74, 6) is 0.512. The average Bonchev–Trinajstić information content (AvgIpc) is 2.89. The lowest BCUT2D eigenvalue weighted by molar-refractivity contribution is -0.122. The van der Waals surface area contributed by atoms with Gasteiger partial charge in [0.1, 0.15) is 11.5 Å². The second-order valence-electron chi connectivity index (χ2n) is 6.34. The maximum Gasteiger partial charge on any atom is 0.228 e. The summed E-state index contributed by atoms with van der Waals surface area (Å²) in [5, 5.41) is 2.88. The minimum atomic E-state index is -0.216. The number of hydrogen-bond donors (Lipinski definition) is 1. The smallest absolute Gasteiger partial charge is 0.228 e. The number of benzene rings is 1. The molecule has 1 aliphatic carbocycles. The Bertz CT molecular complexity index is 928. The number of nitrogens with zero attached hydrogens (tertiary/aromatic N) is 2. The van der Waals surface area contributed by atoms with Crippen molar-refractivity contribution in [2.75, 3.05) is 5.32 Å². The van der Waals surface area contributed by atoms with Gasteiger partial charge in [0.25, 0.3) is 0 Å². The summed E-state index contributed by atoms with van der Waals surface area (Å²) in [7, 11) is 0. The van der Waals surface area contributed by atoms with Crippen LogP contribution in [0.25, 0.3) is 16.8 Å². The first-order chi connectivity index (χ1) is 11.6. The third-order valence-corrected chi connectivity index (χ3v) is 4.76. The van der Waals surface area contributed by atoms with E-state index in [1.165, 1.54) is 6.07 Å². The van der Waals surface area contributed by atoms with E-state index in [-0.39, 0.29) is 17.6 Å². The predicted molar refractivity (Wildman–Crippen MR) is 91.3 cm³/mol. The zero-order chi connectivity index (χ0) is 16.7. The van der Waals surface area contributed by atoms with E-state index < -0.39 is 0 Å². The largest absolute Gasteiger partial charge is 0.309 e. The van der Waals surface area contributed by atoms with Crippen LogP contribution in [0.3, 0.4) is 0 Å². The number of rotatable bonds is 3. The van der Waals surface area contributed by atoms with E-state index in [1.54, 1.807) is 19.2 Å². The van der Waals surface area contributed by atoms with Crippen molar-refractivity contribution >= 4 is 17.4 Å². The molecule has 0 spiro atoms. The molecule has 1 aromatic carbocycles. The Morgan fingerprint density at radius 2 is 2.08 bits per heavy atom. The van der Waals surface area contributed by atoms with E-state index in [2.05, 4.69) is 10.3 Å². The lowest BCUT2D eigenvalue weighted by Gasteiger charge is -2.23. The first kappa shape index (κ1) is 14.9. The highest BCUT2D eigenvalue weighted by Crippen LogP contribution is 2.28. The molecule has 1 saturated carbocycles. The molecule has 122 valence electrons. The highest BCUT2D eigenvalue weighted by Gasteiger charge is 2.25. The second kappa shape index (κ2) is 5.74. The van der Waals surface area contributed by atoms with Gasteiger partial charge in [0.2, 0.25) is 5.91 Å². The van der Waals surface area contributed by atoms with Crippen molar-refractivity contribution in [3.63, 3.8) is 0 Å². The van der Waals surface area contributed by atoms with Gasteiger partial charge in [-0.1, -0.05) is 18.6 Å². The fourth-order valence-corrected chi connectivity index (χ4v) is 3.03. The number of carbonyl (C=O) groups excluding carboxylic acids is 1. The summed E-state index contributed by atoms with van der Waals surface area (Å²) < 4.78 is 15.6. The summed E-state index contributed by atoms with van der Waals surface area (Å²) in [5.41, 5.74) is 3.13. The van der Waals surface area contributed by atoms with Crippen LogP contribution in [-0.2, 0) is 4.79 Å². The first-order valence-electron chi connectivity index (χ1n) is 8.17. The van der Waals surface area contributed by atoms with Crippen molar-refractivity contribution in [2.24, 2.45) is 5.92 Å². The highest BCUT2D eigenvalue weighted by atomic mass is 19.1. The molecule has 3 aromatic rings. The number of carbonyl (C=O) groups is 1. The Morgan fingerprint density at radius 1 is 1.25 bits per heavy atom. The van der Waals surface area contributed by atoms with Gasteiger partial charge in [-0.3, -0.25) is 4.79 Å². The van der Waals surface area contributed by atoms with Crippen molar-refractivity contribution < 1.29 is 9.18 Å². The average molecular weight is 323 g/mol. The van der Waals surface area contributed by atoms with Crippen LogP contribution < -0.4 is 5.32 Å². The molecule has 0 unspecified atom stereocenters. The Labute approximate surface area is 139 Å². The van der Waals surface area contributed by atoms with Crippen LogP contribution in [0.1, 0.15) is 24.8 Å². The highest BCUT2D eigenvalue weighted by molar-refractivity contribution is 5.92. The summed E-state index contributed by atoms with van der Waals surface area (Å²) in [6, 6.07) is 8.86. The number of amides is 1. The van der Waals surface area contributed by atoms with Crippen molar-refractivity contribution in [3.05, 3.63) is 54.1 Å². The molecule has 0 radical (unpaired) electrons. The SMILES string of the molecule is Cc1c(F)cccc1-c1ccc2nc(NC(=O)C3CCC3)cn2c1. The molecule has 2 aromatic heterocycles. The normalized spacial score (nSPS) is 14.6. The molecular weight excluding hydrogens is 305 g/mol. The number of pyridine rings is 1. The van der Waals surface area contributed by atoms with Gasteiger partial charge in [-0.15, -0.1) is 0 Å². The molecule has 0 bridgehead atoms. The number of anilines is 1. The zero-order valence-electron chi connectivity index (χ0n) is 13.4. The minimum absolute atomic E-state index is 0.0471. The van der Waals surface area contributed by atoms with Gasteiger partial charge in [-0.2, -0.15) is 0 Å².